The van der Waals surface area contributed by atoms with E-state index in [0.717, 1.165) is 17.5 Å². The molecule has 0 spiro atoms. The van der Waals surface area contributed by atoms with Crippen LogP contribution in [0.3, 0.4) is 0 Å². The fourth-order valence-electron chi connectivity index (χ4n) is 3.02. The first-order valence-electron chi connectivity index (χ1n) is 9.56. The molecule has 0 saturated heterocycles. The van der Waals surface area contributed by atoms with Crippen LogP contribution in [0.4, 0.5) is 0 Å². The van der Waals surface area contributed by atoms with E-state index in [1.165, 1.54) is 5.56 Å². The average molecular weight is 392 g/mol. The number of nitrogens with zero attached hydrogens (tertiary/aromatic N) is 1. The van der Waals surface area contributed by atoms with Crippen LogP contribution in [0.25, 0.3) is 11.3 Å². The van der Waals surface area contributed by atoms with Crippen molar-refractivity contribution in [2.24, 2.45) is 0 Å². The minimum absolute atomic E-state index is 0.190. The lowest BCUT2D eigenvalue weighted by Gasteiger charge is -2.15. The zero-order valence-corrected chi connectivity index (χ0v) is 16.8. The molecule has 3 rings (SSSR count). The highest BCUT2D eigenvalue weighted by molar-refractivity contribution is 5.98. The largest absolute Gasteiger partial charge is 0.452 e. The fraction of sp³-hybridized carbons (Fsp3) is 0.261. The molecule has 0 aliphatic rings. The molecule has 1 heterocycles. The van der Waals surface area contributed by atoms with Crippen molar-refractivity contribution in [1.82, 2.24) is 10.5 Å². The number of amides is 1. The van der Waals surface area contributed by atoms with Gasteiger partial charge in [-0.2, -0.15) is 0 Å². The summed E-state index contributed by atoms with van der Waals surface area (Å²) in [6.45, 7) is 5.24. The summed E-state index contributed by atoms with van der Waals surface area (Å²) in [7, 11) is 0. The molecular weight excluding hydrogens is 368 g/mol. The Bertz CT molecular complexity index is 978. The molecule has 1 amide bonds. The minimum atomic E-state index is -0.641. The molecule has 1 aromatic heterocycles. The van der Waals surface area contributed by atoms with Crippen molar-refractivity contribution in [3.8, 4) is 11.3 Å². The molecular formula is C23H24N2O4. The van der Waals surface area contributed by atoms with E-state index in [-0.39, 0.29) is 24.1 Å². The van der Waals surface area contributed by atoms with Crippen molar-refractivity contribution in [2.75, 3.05) is 6.61 Å². The van der Waals surface area contributed by atoms with E-state index in [1.807, 2.05) is 61.5 Å². The van der Waals surface area contributed by atoms with Gasteiger partial charge in [0.15, 0.2) is 6.61 Å². The predicted octanol–water partition coefficient (Wildman–Crippen LogP) is 4.25. The van der Waals surface area contributed by atoms with Crippen molar-refractivity contribution in [3.05, 3.63) is 77.0 Å². The summed E-state index contributed by atoms with van der Waals surface area (Å²) in [5, 5.41) is 6.80. The molecule has 1 atom stereocenters. The zero-order chi connectivity index (χ0) is 20.8. The Morgan fingerprint density at radius 1 is 1.10 bits per heavy atom. The number of hydrogen-bond acceptors (Lipinski definition) is 5. The van der Waals surface area contributed by atoms with Crippen LogP contribution in [0.5, 0.6) is 0 Å². The van der Waals surface area contributed by atoms with Crippen molar-refractivity contribution < 1.29 is 18.8 Å². The highest BCUT2D eigenvalue weighted by Gasteiger charge is 2.23. The van der Waals surface area contributed by atoms with Crippen LogP contribution >= 0.6 is 0 Å². The molecule has 3 aromatic rings. The maximum absolute atomic E-state index is 12.5. The number of nitrogens with one attached hydrogen (secondary N) is 1. The van der Waals surface area contributed by atoms with Crippen LogP contribution in [-0.4, -0.2) is 23.6 Å². The van der Waals surface area contributed by atoms with E-state index in [9.17, 15) is 9.59 Å². The molecule has 150 valence electrons. The number of benzene rings is 2. The molecule has 0 fully saturated rings. The van der Waals surface area contributed by atoms with Gasteiger partial charge in [0.05, 0.1) is 6.04 Å². The van der Waals surface area contributed by atoms with E-state index in [2.05, 4.69) is 17.4 Å². The monoisotopic (exact) mass is 392 g/mol. The van der Waals surface area contributed by atoms with Gasteiger partial charge in [-0.1, -0.05) is 66.7 Å². The number of rotatable bonds is 7. The van der Waals surface area contributed by atoms with Gasteiger partial charge in [0.2, 0.25) is 0 Å². The number of aryl methyl sites for hydroxylation is 2. The normalized spacial score (nSPS) is 11.7. The molecule has 2 aromatic carbocycles. The molecule has 0 saturated carbocycles. The topological polar surface area (TPSA) is 81.4 Å². The Labute approximate surface area is 169 Å². The van der Waals surface area contributed by atoms with Crippen molar-refractivity contribution >= 4 is 11.9 Å². The highest BCUT2D eigenvalue weighted by atomic mass is 16.5. The first-order valence-corrected chi connectivity index (χ1v) is 9.56. The summed E-state index contributed by atoms with van der Waals surface area (Å²) in [5.41, 5.74) is 3.60. The minimum Gasteiger partial charge on any atom is -0.452 e. The predicted molar refractivity (Wildman–Crippen MR) is 109 cm³/mol. The van der Waals surface area contributed by atoms with Gasteiger partial charge in [0, 0.05) is 5.56 Å². The van der Waals surface area contributed by atoms with Gasteiger partial charge < -0.3 is 14.6 Å². The van der Waals surface area contributed by atoms with E-state index < -0.39 is 5.97 Å². The quantitative estimate of drug-likeness (QED) is 0.608. The third-order valence-corrected chi connectivity index (χ3v) is 4.71. The standard InChI is InChI=1S/C23H24N2O4/c1-4-17-10-12-18(13-11-17)15(2)24-20(26)14-28-23(27)21-16(3)29-25-22(21)19-8-6-5-7-9-19/h5-13,15H,4,14H2,1-3H3,(H,24,26)/t15-/m0/s1. The van der Waals surface area contributed by atoms with Crippen molar-refractivity contribution in [2.45, 2.75) is 33.2 Å². The van der Waals surface area contributed by atoms with Crippen molar-refractivity contribution in [3.63, 3.8) is 0 Å². The van der Waals surface area contributed by atoms with Crippen LogP contribution in [0, 0.1) is 6.92 Å². The smallest absolute Gasteiger partial charge is 0.344 e. The molecule has 1 N–H and O–H groups in total. The zero-order valence-electron chi connectivity index (χ0n) is 16.8. The molecule has 0 aliphatic heterocycles. The summed E-state index contributed by atoms with van der Waals surface area (Å²) in [5.74, 6) is -0.669. The Morgan fingerprint density at radius 2 is 1.79 bits per heavy atom. The van der Waals surface area contributed by atoms with Gasteiger partial charge in [-0.05, 0) is 31.4 Å². The Balaban J connectivity index is 1.61. The molecule has 0 bridgehead atoms. The van der Waals surface area contributed by atoms with Gasteiger partial charge in [0.1, 0.15) is 17.0 Å². The molecule has 29 heavy (non-hydrogen) atoms. The molecule has 0 aliphatic carbocycles. The second-order valence-electron chi connectivity index (χ2n) is 6.79. The summed E-state index contributed by atoms with van der Waals surface area (Å²) < 4.78 is 10.4. The van der Waals surface area contributed by atoms with E-state index in [1.54, 1.807) is 6.92 Å². The first kappa shape index (κ1) is 20.3. The van der Waals surface area contributed by atoms with Gasteiger partial charge >= 0.3 is 5.97 Å². The number of esters is 1. The van der Waals surface area contributed by atoms with Crippen molar-refractivity contribution in [1.29, 1.82) is 0 Å². The van der Waals surface area contributed by atoms with Gasteiger partial charge in [-0.15, -0.1) is 0 Å². The lowest BCUT2D eigenvalue weighted by Crippen LogP contribution is -2.31. The number of carbonyl (C=O) groups excluding carboxylic acids is 2. The summed E-state index contributed by atoms with van der Waals surface area (Å²) >= 11 is 0. The summed E-state index contributed by atoms with van der Waals surface area (Å²) in [6, 6.07) is 17.1. The van der Waals surface area contributed by atoms with Crippen LogP contribution in [0.1, 0.15) is 47.1 Å². The first-order chi connectivity index (χ1) is 14.0. The molecule has 6 heteroatoms. The number of ether oxygens (including phenoxy) is 1. The molecule has 0 radical (unpaired) electrons. The summed E-state index contributed by atoms with van der Waals surface area (Å²) in [6.07, 6.45) is 0.963. The van der Waals surface area contributed by atoms with Crippen LogP contribution < -0.4 is 5.32 Å². The number of aromatic nitrogens is 1. The van der Waals surface area contributed by atoms with Gasteiger partial charge in [-0.3, -0.25) is 4.79 Å². The lowest BCUT2D eigenvalue weighted by atomic mass is 10.1. The Hall–Kier alpha value is -3.41. The molecule has 6 nitrogen and oxygen atoms in total. The maximum atomic E-state index is 12.5. The van der Waals surface area contributed by atoms with Gasteiger partial charge in [-0.25, -0.2) is 4.79 Å². The number of hydrogen-bond donors (Lipinski definition) is 1. The maximum Gasteiger partial charge on any atom is 0.344 e. The number of carbonyl (C=O) groups is 2. The lowest BCUT2D eigenvalue weighted by molar-refractivity contribution is -0.124. The van der Waals surface area contributed by atoms with Crippen LogP contribution in [-0.2, 0) is 16.0 Å². The Kier molecular flexibility index (Phi) is 6.44. The van der Waals surface area contributed by atoms with Crippen LogP contribution in [0.2, 0.25) is 0 Å². The molecule has 0 unspecified atom stereocenters. The summed E-state index contributed by atoms with van der Waals surface area (Å²) in [4.78, 5) is 24.8. The van der Waals surface area contributed by atoms with E-state index >= 15 is 0 Å². The average Bonchev–Trinajstić information content (AvgIpc) is 3.14. The van der Waals surface area contributed by atoms with Gasteiger partial charge in [0.25, 0.3) is 5.91 Å². The highest BCUT2D eigenvalue weighted by Crippen LogP contribution is 2.25. The van der Waals surface area contributed by atoms with E-state index in [4.69, 9.17) is 9.26 Å². The second kappa shape index (κ2) is 9.19. The fourth-order valence-corrected chi connectivity index (χ4v) is 3.02. The Morgan fingerprint density at radius 3 is 2.45 bits per heavy atom. The SMILES string of the molecule is CCc1ccc([C@H](C)NC(=O)COC(=O)c2c(-c3ccccc3)noc2C)cc1. The third kappa shape index (κ3) is 4.90. The second-order valence-corrected chi connectivity index (χ2v) is 6.79. The van der Waals surface area contributed by atoms with E-state index in [0.29, 0.717) is 11.5 Å². The van der Waals surface area contributed by atoms with Crippen LogP contribution in [0.15, 0.2) is 59.1 Å². The third-order valence-electron chi connectivity index (χ3n) is 4.71.